The first kappa shape index (κ1) is 14.6. The van der Waals surface area contributed by atoms with Crippen molar-refractivity contribution >= 4 is 5.97 Å². The van der Waals surface area contributed by atoms with Crippen LogP contribution in [0.5, 0.6) is 0 Å². The molecule has 1 unspecified atom stereocenters. The van der Waals surface area contributed by atoms with E-state index in [9.17, 15) is 14.3 Å². The van der Waals surface area contributed by atoms with Crippen LogP contribution in [0.1, 0.15) is 12.0 Å². The second kappa shape index (κ2) is 7.08. The number of carbonyl (C=O) groups excluding carboxylic acids is 1. The van der Waals surface area contributed by atoms with Crippen molar-refractivity contribution in [2.24, 2.45) is 0 Å². The number of nitrogens with zero attached hydrogens (tertiary/aromatic N) is 1. The van der Waals surface area contributed by atoms with Crippen molar-refractivity contribution in [1.82, 2.24) is 4.90 Å². The largest absolute Gasteiger partial charge is 0.469 e. The van der Waals surface area contributed by atoms with Gasteiger partial charge < -0.3 is 9.84 Å². The Morgan fingerprint density at radius 2 is 2.06 bits per heavy atom. The highest BCUT2D eigenvalue weighted by Crippen LogP contribution is 2.06. The third-order valence-corrected chi connectivity index (χ3v) is 2.52. The lowest BCUT2D eigenvalue weighted by Crippen LogP contribution is -2.30. The molecule has 1 aromatic carbocycles. The van der Waals surface area contributed by atoms with E-state index in [1.807, 2.05) is 11.9 Å². The molecule has 4 nitrogen and oxygen atoms in total. The molecule has 1 atom stereocenters. The second-order valence-electron chi connectivity index (χ2n) is 4.26. The third kappa shape index (κ3) is 5.25. The molecule has 0 heterocycles. The van der Waals surface area contributed by atoms with E-state index in [1.165, 1.54) is 19.2 Å². The zero-order valence-electron chi connectivity index (χ0n) is 10.6. The molecular formula is C13H18FNO3. The summed E-state index contributed by atoms with van der Waals surface area (Å²) in [4.78, 5) is 12.8. The summed E-state index contributed by atoms with van der Waals surface area (Å²) in [5.74, 6) is -0.704. The molecule has 0 aliphatic carbocycles. The molecule has 1 aromatic rings. The van der Waals surface area contributed by atoms with Gasteiger partial charge in [0, 0.05) is 13.1 Å². The number of halogens is 1. The highest BCUT2D eigenvalue weighted by atomic mass is 19.1. The summed E-state index contributed by atoms with van der Waals surface area (Å²) in [6.07, 6.45) is -0.785. The predicted molar refractivity (Wildman–Crippen MR) is 65.4 cm³/mol. The van der Waals surface area contributed by atoms with Crippen molar-refractivity contribution in [3.8, 4) is 0 Å². The fourth-order valence-electron chi connectivity index (χ4n) is 1.67. The monoisotopic (exact) mass is 255 g/mol. The number of benzene rings is 1. The Balaban J connectivity index is 2.39. The fraction of sp³-hybridized carbons (Fsp3) is 0.462. The Morgan fingerprint density at radius 1 is 1.44 bits per heavy atom. The highest BCUT2D eigenvalue weighted by Gasteiger charge is 2.13. The molecule has 0 radical (unpaired) electrons. The SMILES string of the molecule is COC(=O)CC(O)CN(C)Cc1ccc(F)cc1. The van der Waals surface area contributed by atoms with Crippen LogP contribution >= 0.6 is 0 Å². The molecule has 0 aliphatic heterocycles. The van der Waals surface area contributed by atoms with Gasteiger partial charge in [-0.3, -0.25) is 9.69 Å². The summed E-state index contributed by atoms with van der Waals surface area (Å²) in [7, 11) is 3.11. The van der Waals surface area contributed by atoms with E-state index in [1.54, 1.807) is 12.1 Å². The molecule has 5 heteroatoms. The molecule has 100 valence electrons. The van der Waals surface area contributed by atoms with Crippen molar-refractivity contribution < 1.29 is 19.0 Å². The summed E-state index contributed by atoms with van der Waals surface area (Å²) in [6.45, 7) is 0.936. The third-order valence-electron chi connectivity index (χ3n) is 2.52. The Hall–Kier alpha value is -1.46. The van der Waals surface area contributed by atoms with Crippen LogP contribution in [0, 0.1) is 5.82 Å². The van der Waals surface area contributed by atoms with Crippen molar-refractivity contribution in [3.63, 3.8) is 0 Å². The van der Waals surface area contributed by atoms with Gasteiger partial charge in [-0.2, -0.15) is 0 Å². The van der Waals surface area contributed by atoms with E-state index in [-0.39, 0.29) is 12.2 Å². The molecule has 0 amide bonds. The average molecular weight is 255 g/mol. The molecule has 1 N–H and O–H groups in total. The Bertz CT molecular complexity index is 380. The van der Waals surface area contributed by atoms with Crippen molar-refractivity contribution in [2.75, 3.05) is 20.7 Å². The number of ether oxygens (including phenoxy) is 1. The Morgan fingerprint density at radius 3 is 2.61 bits per heavy atom. The lowest BCUT2D eigenvalue weighted by molar-refractivity contribution is -0.143. The topological polar surface area (TPSA) is 49.8 Å². The molecule has 0 bridgehead atoms. The quantitative estimate of drug-likeness (QED) is 0.776. The van der Waals surface area contributed by atoms with Crippen molar-refractivity contribution in [3.05, 3.63) is 35.6 Å². The minimum Gasteiger partial charge on any atom is -0.469 e. The minimum absolute atomic E-state index is 0.0236. The fourth-order valence-corrected chi connectivity index (χ4v) is 1.67. The van der Waals surface area contributed by atoms with Gasteiger partial charge in [0.05, 0.1) is 19.6 Å². The molecule has 0 fully saturated rings. The summed E-state index contributed by atoms with van der Waals surface area (Å²) in [5.41, 5.74) is 0.948. The lowest BCUT2D eigenvalue weighted by Gasteiger charge is -2.20. The van der Waals surface area contributed by atoms with Crippen LogP contribution in [0.3, 0.4) is 0 Å². The van der Waals surface area contributed by atoms with Gasteiger partial charge in [-0.05, 0) is 24.7 Å². The summed E-state index contributed by atoms with van der Waals surface area (Å²) >= 11 is 0. The van der Waals surface area contributed by atoms with Gasteiger partial charge in [0.1, 0.15) is 5.82 Å². The average Bonchev–Trinajstić information content (AvgIpc) is 2.31. The highest BCUT2D eigenvalue weighted by molar-refractivity contribution is 5.69. The van der Waals surface area contributed by atoms with Crippen LogP contribution < -0.4 is 0 Å². The van der Waals surface area contributed by atoms with E-state index >= 15 is 0 Å². The second-order valence-corrected chi connectivity index (χ2v) is 4.26. The maximum atomic E-state index is 12.7. The van der Waals surface area contributed by atoms with E-state index < -0.39 is 12.1 Å². The maximum absolute atomic E-state index is 12.7. The summed E-state index contributed by atoms with van der Waals surface area (Å²) < 4.78 is 17.2. The number of hydrogen-bond acceptors (Lipinski definition) is 4. The Kier molecular flexibility index (Phi) is 5.74. The standard InChI is InChI=1S/C13H18FNO3/c1-15(9-12(16)7-13(17)18-2)8-10-3-5-11(14)6-4-10/h3-6,12,16H,7-9H2,1-2H3. The first-order valence-corrected chi connectivity index (χ1v) is 5.69. The van der Waals surface area contributed by atoms with Gasteiger partial charge in [0.2, 0.25) is 0 Å². The lowest BCUT2D eigenvalue weighted by atomic mass is 10.2. The van der Waals surface area contributed by atoms with Gasteiger partial charge in [0.25, 0.3) is 0 Å². The van der Waals surface area contributed by atoms with Gasteiger partial charge in [-0.25, -0.2) is 4.39 Å². The van der Waals surface area contributed by atoms with Gasteiger partial charge >= 0.3 is 5.97 Å². The predicted octanol–water partition coefficient (Wildman–Crippen LogP) is 1.18. The van der Waals surface area contributed by atoms with E-state index in [4.69, 9.17) is 0 Å². The number of carbonyl (C=O) groups is 1. The number of rotatable bonds is 6. The number of esters is 1. The normalized spacial score (nSPS) is 12.5. The molecule has 18 heavy (non-hydrogen) atoms. The van der Waals surface area contributed by atoms with Crippen molar-refractivity contribution in [1.29, 1.82) is 0 Å². The summed E-state index contributed by atoms with van der Waals surface area (Å²) in [5, 5.41) is 9.64. The number of aliphatic hydroxyl groups is 1. The van der Waals surface area contributed by atoms with Crippen LogP contribution in [0.2, 0.25) is 0 Å². The molecular weight excluding hydrogens is 237 g/mol. The zero-order valence-corrected chi connectivity index (χ0v) is 10.6. The molecule has 1 rings (SSSR count). The van der Waals surface area contributed by atoms with Crippen LogP contribution in [0.15, 0.2) is 24.3 Å². The molecule has 0 aliphatic rings. The molecule has 0 spiro atoms. The smallest absolute Gasteiger partial charge is 0.308 e. The number of methoxy groups -OCH3 is 1. The molecule has 0 aromatic heterocycles. The maximum Gasteiger partial charge on any atom is 0.308 e. The first-order chi connectivity index (χ1) is 8.51. The van der Waals surface area contributed by atoms with Crippen LogP contribution in [0.4, 0.5) is 4.39 Å². The van der Waals surface area contributed by atoms with Crippen LogP contribution in [-0.4, -0.2) is 42.8 Å². The molecule has 0 saturated carbocycles. The number of hydrogen-bond donors (Lipinski definition) is 1. The zero-order chi connectivity index (χ0) is 13.5. The first-order valence-electron chi connectivity index (χ1n) is 5.69. The molecule has 0 saturated heterocycles. The van der Waals surface area contributed by atoms with Gasteiger partial charge in [-0.15, -0.1) is 0 Å². The van der Waals surface area contributed by atoms with Gasteiger partial charge in [0.15, 0.2) is 0 Å². The Labute approximate surface area is 106 Å². The van der Waals surface area contributed by atoms with E-state index in [0.717, 1.165) is 5.56 Å². The summed E-state index contributed by atoms with van der Waals surface area (Å²) in [6, 6.07) is 6.18. The minimum atomic E-state index is -0.761. The number of aliphatic hydroxyl groups excluding tert-OH is 1. The van der Waals surface area contributed by atoms with E-state index in [0.29, 0.717) is 13.1 Å². The van der Waals surface area contributed by atoms with Crippen LogP contribution in [-0.2, 0) is 16.1 Å². The van der Waals surface area contributed by atoms with Crippen molar-refractivity contribution in [2.45, 2.75) is 19.1 Å². The van der Waals surface area contributed by atoms with Crippen LogP contribution in [0.25, 0.3) is 0 Å². The van der Waals surface area contributed by atoms with Gasteiger partial charge in [-0.1, -0.05) is 12.1 Å². The number of likely N-dealkylation sites (N-methyl/N-ethyl adjacent to an activating group) is 1. The van der Waals surface area contributed by atoms with E-state index in [2.05, 4.69) is 4.74 Å².